The number of aryl methyl sites for hydroxylation is 1. The molecule has 5 nitrogen and oxygen atoms in total. The van der Waals surface area contributed by atoms with E-state index in [0.717, 1.165) is 0 Å². The quantitative estimate of drug-likeness (QED) is 0.806. The van der Waals surface area contributed by atoms with Gasteiger partial charge in [-0.1, -0.05) is 0 Å². The number of esters is 1. The van der Waals surface area contributed by atoms with E-state index in [9.17, 15) is 9.59 Å². The Morgan fingerprint density at radius 2 is 1.94 bits per heavy atom. The number of hydrogen-bond donors (Lipinski definition) is 1. The lowest BCUT2D eigenvalue weighted by Gasteiger charge is -2.02. The van der Waals surface area contributed by atoms with Crippen LogP contribution >= 0.6 is 0 Å². The van der Waals surface area contributed by atoms with Gasteiger partial charge in [0.25, 0.3) is 0 Å². The summed E-state index contributed by atoms with van der Waals surface area (Å²) >= 11 is 0. The highest BCUT2D eigenvalue weighted by atomic mass is 16.5. The molecule has 0 fully saturated rings. The van der Waals surface area contributed by atoms with Gasteiger partial charge in [0.2, 0.25) is 0 Å². The maximum Gasteiger partial charge on any atom is 0.339 e. The molecular formula is C12H10O5. The molecule has 0 aliphatic rings. The number of fused-ring (bicyclic) bond motifs is 1. The van der Waals surface area contributed by atoms with Gasteiger partial charge in [-0.3, -0.25) is 0 Å². The number of furan rings is 1. The molecule has 0 atom stereocenters. The summed E-state index contributed by atoms with van der Waals surface area (Å²) < 4.78 is 9.93. The molecule has 0 radical (unpaired) electrons. The Hall–Kier alpha value is -2.30. The predicted molar refractivity (Wildman–Crippen MR) is 59.2 cm³/mol. The summed E-state index contributed by atoms with van der Waals surface area (Å²) in [5.74, 6) is -1.08. The second-order valence-electron chi connectivity index (χ2n) is 3.56. The molecule has 1 N–H and O–H groups in total. The van der Waals surface area contributed by atoms with E-state index in [1.165, 1.54) is 19.2 Å². The van der Waals surface area contributed by atoms with E-state index in [4.69, 9.17) is 9.52 Å². The molecule has 1 aromatic heterocycles. The molecule has 1 heterocycles. The minimum absolute atomic E-state index is 0.0285. The van der Waals surface area contributed by atoms with Gasteiger partial charge in [0.05, 0.1) is 12.7 Å². The highest BCUT2D eigenvalue weighted by Gasteiger charge is 2.19. The monoisotopic (exact) mass is 234 g/mol. The van der Waals surface area contributed by atoms with Crippen molar-refractivity contribution in [2.75, 3.05) is 7.11 Å². The van der Waals surface area contributed by atoms with E-state index in [0.29, 0.717) is 16.7 Å². The van der Waals surface area contributed by atoms with Gasteiger partial charge in [0, 0.05) is 5.39 Å². The summed E-state index contributed by atoms with van der Waals surface area (Å²) in [4.78, 5) is 22.5. The van der Waals surface area contributed by atoms with Crippen molar-refractivity contribution in [3.05, 3.63) is 35.1 Å². The molecule has 0 amide bonds. The molecule has 2 aromatic rings. The van der Waals surface area contributed by atoms with E-state index in [-0.39, 0.29) is 11.1 Å². The van der Waals surface area contributed by atoms with E-state index in [2.05, 4.69) is 4.74 Å². The summed E-state index contributed by atoms with van der Waals surface area (Å²) in [6.07, 6.45) is 0. The van der Waals surface area contributed by atoms with Crippen LogP contribution in [0.1, 0.15) is 26.5 Å². The van der Waals surface area contributed by atoms with Crippen LogP contribution in [0, 0.1) is 6.92 Å². The van der Waals surface area contributed by atoms with E-state index in [1.54, 1.807) is 13.0 Å². The number of carboxylic acid groups (broad SMARTS) is 1. The molecule has 0 saturated heterocycles. The van der Waals surface area contributed by atoms with E-state index >= 15 is 0 Å². The highest BCUT2D eigenvalue weighted by Crippen LogP contribution is 2.27. The number of methoxy groups -OCH3 is 1. The van der Waals surface area contributed by atoms with Crippen LogP contribution < -0.4 is 0 Å². The molecule has 5 heteroatoms. The molecule has 0 bridgehead atoms. The number of carbonyl (C=O) groups is 2. The molecule has 0 aliphatic heterocycles. The van der Waals surface area contributed by atoms with Crippen LogP contribution in [0.5, 0.6) is 0 Å². The second kappa shape index (κ2) is 3.93. The summed E-state index contributed by atoms with van der Waals surface area (Å²) in [5.41, 5.74) is 0.517. The summed E-state index contributed by atoms with van der Waals surface area (Å²) in [5, 5.41) is 9.46. The maximum atomic E-state index is 11.5. The fourth-order valence-electron chi connectivity index (χ4n) is 1.70. The second-order valence-corrected chi connectivity index (χ2v) is 3.56. The third-order valence-electron chi connectivity index (χ3n) is 2.44. The number of carbonyl (C=O) groups excluding carboxylic acids is 1. The van der Waals surface area contributed by atoms with Crippen LogP contribution in [0.2, 0.25) is 0 Å². The van der Waals surface area contributed by atoms with Gasteiger partial charge < -0.3 is 14.3 Å². The Morgan fingerprint density at radius 1 is 1.29 bits per heavy atom. The number of benzene rings is 1. The zero-order chi connectivity index (χ0) is 12.6. The van der Waals surface area contributed by atoms with Gasteiger partial charge in [-0.15, -0.1) is 0 Å². The summed E-state index contributed by atoms with van der Waals surface area (Å²) in [6, 6.07) is 4.38. The lowest BCUT2D eigenvalue weighted by atomic mass is 10.1. The molecule has 17 heavy (non-hydrogen) atoms. The van der Waals surface area contributed by atoms with Crippen molar-refractivity contribution in [1.29, 1.82) is 0 Å². The molecule has 0 unspecified atom stereocenters. The largest absolute Gasteiger partial charge is 0.478 e. The minimum atomic E-state index is -1.10. The number of hydrogen-bond acceptors (Lipinski definition) is 4. The third kappa shape index (κ3) is 1.75. The smallest absolute Gasteiger partial charge is 0.339 e. The Morgan fingerprint density at radius 3 is 2.53 bits per heavy atom. The van der Waals surface area contributed by atoms with Crippen LogP contribution in [0.15, 0.2) is 22.6 Å². The summed E-state index contributed by atoms with van der Waals surface area (Å²) in [7, 11) is 1.27. The van der Waals surface area contributed by atoms with Gasteiger partial charge >= 0.3 is 11.9 Å². The third-order valence-corrected chi connectivity index (χ3v) is 2.44. The number of ether oxygens (including phenoxy) is 1. The van der Waals surface area contributed by atoms with Crippen LogP contribution in [-0.2, 0) is 4.74 Å². The Balaban J connectivity index is 2.79. The van der Waals surface area contributed by atoms with Crippen molar-refractivity contribution in [1.82, 2.24) is 0 Å². The summed E-state index contributed by atoms with van der Waals surface area (Å²) in [6.45, 7) is 1.69. The first-order valence-electron chi connectivity index (χ1n) is 4.89. The van der Waals surface area contributed by atoms with Crippen LogP contribution in [-0.4, -0.2) is 24.2 Å². The lowest BCUT2D eigenvalue weighted by molar-refractivity contribution is 0.0601. The van der Waals surface area contributed by atoms with Gasteiger partial charge in [0.1, 0.15) is 16.9 Å². The highest BCUT2D eigenvalue weighted by molar-refractivity contribution is 6.09. The van der Waals surface area contributed by atoms with E-state index in [1.807, 2.05) is 0 Å². The van der Waals surface area contributed by atoms with Crippen molar-refractivity contribution in [3.8, 4) is 0 Å². The Bertz CT molecular complexity index is 609. The molecule has 0 aliphatic carbocycles. The first kappa shape index (κ1) is 11.2. The van der Waals surface area contributed by atoms with Crippen molar-refractivity contribution < 1.29 is 23.8 Å². The predicted octanol–water partition coefficient (Wildman–Crippen LogP) is 2.23. The number of aromatic carboxylic acids is 1. The lowest BCUT2D eigenvalue weighted by Crippen LogP contribution is -2.04. The molecular weight excluding hydrogens is 224 g/mol. The molecule has 2 rings (SSSR count). The minimum Gasteiger partial charge on any atom is -0.478 e. The first-order chi connectivity index (χ1) is 8.04. The van der Waals surface area contributed by atoms with Crippen molar-refractivity contribution in [3.63, 3.8) is 0 Å². The van der Waals surface area contributed by atoms with Crippen LogP contribution in [0.25, 0.3) is 11.0 Å². The first-order valence-corrected chi connectivity index (χ1v) is 4.89. The number of carboxylic acids is 1. The van der Waals surface area contributed by atoms with Crippen LogP contribution in [0.4, 0.5) is 0 Å². The molecule has 0 saturated carbocycles. The van der Waals surface area contributed by atoms with Gasteiger partial charge in [-0.05, 0) is 25.1 Å². The Kier molecular flexibility index (Phi) is 2.59. The molecule has 1 aromatic carbocycles. The molecule has 0 spiro atoms. The van der Waals surface area contributed by atoms with Crippen molar-refractivity contribution in [2.24, 2.45) is 0 Å². The SMILES string of the molecule is COC(=O)c1ccc(C(=O)O)c2oc(C)cc12. The topological polar surface area (TPSA) is 76.7 Å². The maximum absolute atomic E-state index is 11.5. The van der Waals surface area contributed by atoms with Gasteiger partial charge in [0.15, 0.2) is 0 Å². The fourth-order valence-corrected chi connectivity index (χ4v) is 1.70. The average Bonchev–Trinajstić information content (AvgIpc) is 2.67. The van der Waals surface area contributed by atoms with E-state index < -0.39 is 11.9 Å². The standard InChI is InChI=1S/C12H10O5/c1-6-5-9-7(12(15)16-2)3-4-8(11(13)14)10(9)17-6/h3-5H,1-2H3,(H,13,14). The van der Waals surface area contributed by atoms with Crippen molar-refractivity contribution >= 4 is 22.9 Å². The molecule has 88 valence electrons. The van der Waals surface area contributed by atoms with Gasteiger partial charge in [-0.25, -0.2) is 9.59 Å². The van der Waals surface area contributed by atoms with Crippen LogP contribution in [0.3, 0.4) is 0 Å². The Labute approximate surface area is 96.6 Å². The normalized spacial score (nSPS) is 10.5. The van der Waals surface area contributed by atoms with Crippen molar-refractivity contribution in [2.45, 2.75) is 6.92 Å². The van der Waals surface area contributed by atoms with Gasteiger partial charge in [-0.2, -0.15) is 0 Å². The zero-order valence-corrected chi connectivity index (χ0v) is 9.31. The average molecular weight is 234 g/mol. The number of rotatable bonds is 2. The fraction of sp³-hybridized carbons (Fsp3) is 0.167. The zero-order valence-electron chi connectivity index (χ0n) is 9.31.